The highest BCUT2D eigenvalue weighted by Crippen LogP contribution is 2.32. The monoisotopic (exact) mass is 266 g/mol. The summed E-state index contributed by atoms with van der Waals surface area (Å²) in [5.74, 6) is 0.927. The normalized spacial score (nSPS) is 25.6. The largest absolute Gasteiger partial charge is 0.310 e. The lowest BCUT2D eigenvalue weighted by Crippen LogP contribution is -2.50. The van der Waals surface area contributed by atoms with Crippen molar-refractivity contribution in [3.63, 3.8) is 0 Å². The van der Waals surface area contributed by atoms with E-state index in [1.165, 1.54) is 84.0 Å². The van der Waals surface area contributed by atoms with Gasteiger partial charge in [-0.15, -0.1) is 0 Å². The van der Waals surface area contributed by atoms with Gasteiger partial charge in [0.15, 0.2) is 0 Å². The second kappa shape index (κ2) is 7.64. The van der Waals surface area contributed by atoms with Gasteiger partial charge in [-0.3, -0.25) is 0 Å². The highest BCUT2D eigenvalue weighted by Gasteiger charge is 2.36. The van der Waals surface area contributed by atoms with Crippen molar-refractivity contribution in [1.82, 2.24) is 10.2 Å². The van der Waals surface area contributed by atoms with Crippen LogP contribution < -0.4 is 5.32 Å². The molecule has 0 aromatic rings. The Kier molecular flexibility index (Phi) is 6.15. The van der Waals surface area contributed by atoms with Crippen molar-refractivity contribution in [2.24, 2.45) is 5.92 Å². The van der Waals surface area contributed by atoms with E-state index < -0.39 is 0 Å². The number of nitrogens with zero attached hydrogens (tertiary/aromatic N) is 1. The predicted octanol–water partition coefficient (Wildman–Crippen LogP) is 3.81. The molecule has 0 aromatic heterocycles. The van der Waals surface area contributed by atoms with Crippen molar-refractivity contribution in [1.29, 1.82) is 0 Å². The van der Waals surface area contributed by atoms with E-state index in [1.54, 1.807) is 0 Å². The van der Waals surface area contributed by atoms with Crippen molar-refractivity contribution in [2.75, 3.05) is 26.2 Å². The quantitative estimate of drug-likeness (QED) is 0.786. The van der Waals surface area contributed by atoms with E-state index in [2.05, 4.69) is 24.1 Å². The molecule has 1 spiro atoms. The van der Waals surface area contributed by atoms with Gasteiger partial charge in [0, 0.05) is 18.6 Å². The van der Waals surface area contributed by atoms with Gasteiger partial charge < -0.3 is 10.2 Å². The Morgan fingerprint density at radius 3 is 2.63 bits per heavy atom. The molecule has 2 nitrogen and oxygen atoms in total. The predicted molar refractivity (Wildman–Crippen MR) is 83.6 cm³/mol. The van der Waals surface area contributed by atoms with E-state index in [9.17, 15) is 0 Å². The first-order chi connectivity index (χ1) is 9.28. The third kappa shape index (κ3) is 4.46. The Bertz CT molecular complexity index is 246. The Labute approximate surface area is 120 Å². The molecule has 0 amide bonds. The molecule has 1 N–H and O–H groups in total. The summed E-state index contributed by atoms with van der Waals surface area (Å²) in [6.07, 6.45) is 12.6. The fourth-order valence-electron chi connectivity index (χ4n) is 4.04. The zero-order valence-corrected chi connectivity index (χ0v) is 13.2. The van der Waals surface area contributed by atoms with Crippen molar-refractivity contribution < 1.29 is 0 Å². The highest BCUT2D eigenvalue weighted by atomic mass is 15.2. The molecule has 2 aliphatic rings. The van der Waals surface area contributed by atoms with Crippen LogP contribution in [0.15, 0.2) is 0 Å². The van der Waals surface area contributed by atoms with Gasteiger partial charge in [-0.05, 0) is 44.7 Å². The lowest BCUT2D eigenvalue weighted by atomic mass is 9.95. The lowest BCUT2D eigenvalue weighted by molar-refractivity contribution is 0.177. The van der Waals surface area contributed by atoms with E-state index in [1.807, 2.05) is 0 Å². The van der Waals surface area contributed by atoms with Gasteiger partial charge in [0.25, 0.3) is 0 Å². The van der Waals surface area contributed by atoms with E-state index in [0.29, 0.717) is 5.54 Å². The maximum absolute atomic E-state index is 3.88. The second-order valence-corrected chi connectivity index (χ2v) is 6.92. The lowest BCUT2D eigenvalue weighted by Gasteiger charge is -2.35. The molecule has 1 unspecified atom stereocenters. The number of hydrogen-bond donors (Lipinski definition) is 1. The van der Waals surface area contributed by atoms with Crippen LogP contribution in [0.1, 0.15) is 71.6 Å². The van der Waals surface area contributed by atoms with Crippen LogP contribution in [0.25, 0.3) is 0 Å². The summed E-state index contributed by atoms with van der Waals surface area (Å²) in [7, 11) is 0. The van der Waals surface area contributed by atoms with Gasteiger partial charge in [0.2, 0.25) is 0 Å². The summed E-state index contributed by atoms with van der Waals surface area (Å²) in [5, 5.41) is 3.88. The number of hydrogen-bond acceptors (Lipinski definition) is 2. The fourth-order valence-corrected chi connectivity index (χ4v) is 4.04. The van der Waals surface area contributed by atoms with Crippen LogP contribution in [0.5, 0.6) is 0 Å². The molecule has 1 aliphatic carbocycles. The summed E-state index contributed by atoms with van der Waals surface area (Å²) < 4.78 is 0. The van der Waals surface area contributed by atoms with Crippen molar-refractivity contribution in [3.8, 4) is 0 Å². The van der Waals surface area contributed by atoms with Gasteiger partial charge in [-0.25, -0.2) is 0 Å². The Morgan fingerprint density at radius 1 is 1.16 bits per heavy atom. The Hall–Kier alpha value is -0.0800. The van der Waals surface area contributed by atoms with E-state index in [4.69, 9.17) is 0 Å². The maximum atomic E-state index is 3.88. The standard InChI is InChI=1S/C17H34N2/c1-3-5-9-16(4-2)14-19-13-8-12-18-17(15-19)10-6-7-11-17/h16,18H,3-15H2,1-2H3. The minimum Gasteiger partial charge on any atom is -0.310 e. The van der Waals surface area contributed by atoms with Gasteiger partial charge in [0.05, 0.1) is 0 Å². The van der Waals surface area contributed by atoms with Crippen molar-refractivity contribution in [3.05, 3.63) is 0 Å². The molecule has 0 bridgehead atoms. The number of unbranched alkanes of at least 4 members (excludes halogenated alkanes) is 1. The minimum atomic E-state index is 0.486. The van der Waals surface area contributed by atoms with E-state index in [0.717, 1.165) is 5.92 Å². The molecule has 2 heteroatoms. The second-order valence-electron chi connectivity index (χ2n) is 6.92. The molecule has 1 heterocycles. The molecule has 19 heavy (non-hydrogen) atoms. The van der Waals surface area contributed by atoms with Crippen LogP contribution in [-0.2, 0) is 0 Å². The molecular formula is C17H34N2. The SMILES string of the molecule is CCCCC(CC)CN1CCCNC2(CCCC2)C1. The topological polar surface area (TPSA) is 15.3 Å². The molecule has 1 atom stereocenters. The fraction of sp³-hybridized carbons (Fsp3) is 1.00. The number of nitrogens with one attached hydrogen (secondary N) is 1. The third-order valence-electron chi connectivity index (χ3n) is 5.30. The van der Waals surface area contributed by atoms with Crippen LogP contribution in [0.4, 0.5) is 0 Å². The minimum absolute atomic E-state index is 0.486. The smallest absolute Gasteiger partial charge is 0.0308 e. The summed E-state index contributed by atoms with van der Waals surface area (Å²) in [6.45, 7) is 9.91. The van der Waals surface area contributed by atoms with Crippen LogP contribution in [-0.4, -0.2) is 36.6 Å². The van der Waals surface area contributed by atoms with Crippen LogP contribution in [0.3, 0.4) is 0 Å². The van der Waals surface area contributed by atoms with Crippen LogP contribution in [0.2, 0.25) is 0 Å². The molecular weight excluding hydrogens is 232 g/mol. The average Bonchev–Trinajstić information content (AvgIpc) is 2.77. The first-order valence-electron chi connectivity index (χ1n) is 8.75. The van der Waals surface area contributed by atoms with Crippen LogP contribution >= 0.6 is 0 Å². The Balaban J connectivity index is 1.86. The Morgan fingerprint density at radius 2 is 1.95 bits per heavy atom. The van der Waals surface area contributed by atoms with E-state index in [-0.39, 0.29) is 0 Å². The highest BCUT2D eigenvalue weighted by molar-refractivity contribution is 4.97. The zero-order chi connectivity index (χ0) is 13.6. The molecule has 1 aliphatic heterocycles. The molecule has 1 saturated heterocycles. The number of rotatable bonds is 6. The first kappa shape index (κ1) is 15.3. The average molecular weight is 266 g/mol. The first-order valence-corrected chi connectivity index (χ1v) is 8.75. The molecule has 2 fully saturated rings. The summed E-state index contributed by atoms with van der Waals surface area (Å²) in [5.41, 5.74) is 0.486. The summed E-state index contributed by atoms with van der Waals surface area (Å²) >= 11 is 0. The molecule has 0 aromatic carbocycles. The van der Waals surface area contributed by atoms with Gasteiger partial charge in [-0.2, -0.15) is 0 Å². The van der Waals surface area contributed by atoms with Crippen molar-refractivity contribution in [2.45, 2.75) is 77.2 Å². The molecule has 2 rings (SSSR count). The molecule has 0 radical (unpaired) electrons. The van der Waals surface area contributed by atoms with Gasteiger partial charge >= 0.3 is 0 Å². The molecule has 1 saturated carbocycles. The van der Waals surface area contributed by atoms with Crippen LogP contribution in [0, 0.1) is 5.92 Å². The summed E-state index contributed by atoms with van der Waals surface area (Å²) in [4.78, 5) is 2.79. The van der Waals surface area contributed by atoms with Gasteiger partial charge in [0.1, 0.15) is 0 Å². The third-order valence-corrected chi connectivity index (χ3v) is 5.30. The zero-order valence-electron chi connectivity index (χ0n) is 13.2. The molecule has 112 valence electrons. The van der Waals surface area contributed by atoms with E-state index >= 15 is 0 Å². The van der Waals surface area contributed by atoms with Gasteiger partial charge in [-0.1, -0.05) is 46.0 Å². The summed E-state index contributed by atoms with van der Waals surface area (Å²) in [6, 6.07) is 0. The maximum Gasteiger partial charge on any atom is 0.0308 e. The van der Waals surface area contributed by atoms with Crippen molar-refractivity contribution >= 4 is 0 Å².